The van der Waals surface area contributed by atoms with E-state index in [1.807, 2.05) is 24.3 Å². The summed E-state index contributed by atoms with van der Waals surface area (Å²) in [6.07, 6.45) is 1.34. The standard InChI is InChI=1S/C14H21N3O2/c1-2-12-10-17(7-8-19-12)9-11-5-3-4-6-13(11)14(15)16-18/h3-6,12,18H,2,7-10H2,1H3,(H2,15,16). The molecular weight excluding hydrogens is 242 g/mol. The largest absolute Gasteiger partial charge is 0.409 e. The van der Waals surface area contributed by atoms with Crippen LogP contribution in [0, 0.1) is 0 Å². The number of morpholine rings is 1. The molecule has 0 spiro atoms. The maximum absolute atomic E-state index is 8.83. The van der Waals surface area contributed by atoms with Crippen molar-refractivity contribution in [1.29, 1.82) is 0 Å². The molecule has 0 amide bonds. The number of oxime groups is 1. The quantitative estimate of drug-likeness (QED) is 0.373. The van der Waals surface area contributed by atoms with Gasteiger partial charge < -0.3 is 15.7 Å². The second kappa shape index (κ2) is 6.54. The third-order valence-electron chi connectivity index (χ3n) is 3.47. The molecule has 0 radical (unpaired) electrons. The molecule has 5 heteroatoms. The molecule has 1 fully saturated rings. The lowest BCUT2D eigenvalue weighted by atomic mass is 10.1. The van der Waals surface area contributed by atoms with Crippen molar-refractivity contribution in [3.63, 3.8) is 0 Å². The molecule has 0 saturated carbocycles. The van der Waals surface area contributed by atoms with Crippen LogP contribution in [0.2, 0.25) is 0 Å². The Morgan fingerprint density at radius 2 is 2.32 bits per heavy atom. The Morgan fingerprint density at radius 3 is 3.05 bits per heavy atom. The topological polar surface area (TPSA) is 71.1 Å². The molecular formula is C14H21N3O2. The van der Waals surface area contributed by atoms with Gasteiger partial charge >= 0.3 is 0 Å². The summed E-state index contributed by atoms with van der Waals surface area (Å²) in [5.74, 6) is 0.163. The summed E-state index contributed by atoms with van der Waals surface area (Å²) in [5.41, 5.74) is 7.58. The van der Waals surface area contributed by atoms with Crippen molar-refractivity contribution < 1.29 is 9.94 Å². The van der Waals surface area contributed by atoms with Crippen LogP contribution in [-0.2, 0) is 11.3 Å². The second-order valence-electron chi connectivity index (χ2n) is 4.78. The molecule has 1 aliphatic rings. The highest BCUT2D eigenvalue weighted by molar-refractivity contribution is 5.98. The minimum Gasteiger partial charge on any atom is -0.409 e. The number of ether oxygens (including phenoxy) is 1. The number of nitrogens with zero attached hydrogens (tertiary/aromatic N) is 2. The molecule has 1 aromatic rings. The molecule has 1 aromatic carbocycles. The maximum Gasteiger partial charge on any atom is 0.170 e. The number of hydrogen-bond donors (Lipinski definition) is 2. The molecule has 0 bridgehead atoms. The molecule has 19 heavy (non-hydrogen) atoms. The van der Waals surface area contributed by atoms with Crippen LogP contribution < -0.4 is 5.73 Å². The third-order valence-corrected chi connectivity index (χ3v) is 3.47. The van der Waals surface area contributed by atoms with Gasteiger partial charge in [0.1, 0.15) is 0 Å². The SMILES string of the molecule is CCC1CN(Cc2ccccc2/C(N)=N/O)CCO1. The first-order valence-electron chi connectivity index (χ1n) is 6.64. The van der Waals surface area contributed by atoms with Crippen LogP contribution in [0.25, 0.3) is 0 Å². The van der Waals surface area contributed by atoms with Crippen molar-refractivity contribution in [3.8, 4) is 0 Å². The van der Waals surface area contributed by atoms with Crippen molar-refractivity contribution in [1.82, 2.24) is 4.90 Å². The molecule has 1 unspecified atom stereocenters. The van der Waals surface area contributed by atoms with E-state index in [9.17, 15) is 0 Å². The Hall–Kier alpha value is -1.59. The predicted molar refractivity (Wildman–Crippen MR) is 74.3 cm³/mol. The normalized spacial score (nSPS) is 21.5. The van der Waals surface area contributed by atoms with Gasteiger partial charge in [-0.2, -0.15) is 0 Å². The molecule has 2 rings (SSSR count). The van der Waals surface area contributed by atoms with E-state index in [1.54, 1.807) is 0 Å². The molecule has 104 valence electrons. The van der Waals surface area contributed by atoms with Gasteiger partial charge in [0.15, 0.2) is 5.84 Å². The Labute approximate surface area is 113 Å². The summed E-state index contributed by atoms with van der Waals surface area (Å²) in [6, 6.07) is 7.76. The molecule has 3 N–H and O–H groups in total. The van der Waals surface area contributed by atoms with E-state index in [0.29, 0.717) is 6.10 Å². The zero-order valence-electron chi connectivity index (χ0n) is 11.2. The summed E-state index contributed by atoms with van der Waals surface area (Å²) < 4.78 is 5.66. The Morgan fingerprint density at radius 1 is 1.53 bits per heavy atom. The lowest BCUT2D eigenvalue weighted by Gasteiger charge is -2.32. The van der Waals surface area contributed by atoms with E-state index in [0.717, 1.165) is 43.8 Å². The summed E-state index contributed by atoms with van der Waals surface area (Å²) in [5, 5.41) is 11.9. The third kappa shape index (κ3) is 3.45. The summed E-state index contributed by atoms with van der Waals surface area (Å²) in [4.78, 5) is 2.35. The van der Waals surface area contributed by atoms with Crippen LogP contribution in [0.5, 0.6) is 0 Å². The van der Waals surface area contributed by atoms with Crippen LogP contribution >= 0.6 is 0 Å². The van der Waals surface area contributed by atoms with Crippen LogP contribution in [0.4, 0.5) is 0 Å². The molecule has 1 saturated heterocycles. The van der Waals surface area contributed by atoms with Crippen molar-refractivity contribution in [2.45, 2.75) is 26.0 Å². The van der Waals surface area contributed by atoms with Gasteiger partial charge in [-0.15, -0.1) is 0 Å². The van der Waals surface area contributed by atoms with Crippen LogP contribution in [0.3, 0.4) is 0 Å². The number of rotatable bonds is 4. The highest BCUT2D eigenvalue weighted by atomic mass is 16.5. The second-order valence-corrected chi connectivity index (χ2v) is 4.78. The predicted octanol–water partition coefficient (Wildman–Crippen LogP) is 1.39. The number of hydrogen-bond acceptors (Lipinski definition) is 4. The highest BCUT2D eigenvalue weighted by Crippen LogP contribution is 2.15. The van der Waals surface area contributed by atoms with Gasteiger partial charge in [0.2, 0.25) is 0 Å². The Balaban J connectivity index is 2.10. The van der Waals surface area contributed by atoms with Gasteiger partial charge in [-0.25, -0.2) is 0 Å². The van der Waals surface area contributed by atoms with Gasteiger partial charge in [0, 0.05) is 25.2 Å². The zero-order chi connectivity index (χ0) is 13.7. The summed E-state index contributed by atoms with van der Waals surface area (Å²) >= 11 is 0. The molecule has 0 aliphatic carbocycles. The van der Waals surface area contributed by atoms with Crippen LogP contribution in [-0.4, -0.2) is 41.7 Å². The van der Waals surface area contributed by atoms with Gasteiger partial charge in [0.05, 0.1) is 12.7 Å². The lowest BCUT2D eigenvalue weighted by molar-refractivity contribution is -0.0324. The van der Waals surface area contributed by atoms with Crippen molar-refractivity contribution in [2.24, 2.45) is 10.9 Å². The number of benzene rings is 1. The van der Waals surface area contributed by atoms with E-state index in [4.69, 9.17) is 15.7 Å². The minimum absolute atomic E-state index is 0.163. The van der Waals surface area contributed by atoms with E-state index >= 15 is 0 Å². The Kier molecular flexibility index (Phi) is 4.76. The fourth-order valence-corrected chi connectivity index (χ4v) is 2.37. The van der Waals surface area contributed by atoms with Gasteiger partial charge in [0.25, 0.3) is 0 Å². The highest BCUT2D eigenvalue weighted by Gasteiger charge is 2.20. The monoisotopic (exact) mass is 263 g/mol. The van der Waals surface area contributed by atoms with Crippen LogP contribution in [0.15, 0.2) is 29.4 Å². The smallest absolute Gasteiger partial charge is 0.170 e. The number of amidine groups is 1. The first-order chi connectivity index (χ1) is 9.24. The molecule has 1 heterocycles. The van der Waals surface area contributed by atoms with E-state index in [1.165, 1.54) is 0 Å². The van der Waals surface area contributed by atoms with Gasteiger partial charge in [-0.05, 0) is 12.0 Å². The lowest BCUT2D eigenvalue weighted by Crippen LogP contribution is -2.41. The van der Waals surface area contributed by atoms with Gasteiger partial charge in [-0.1, -0.05) is 36.3 Å². The van der Waals surface area contributed by atoms with Crippen molar-refractivity contribution in [2.75, 3.05) is 19.7 Å². The summed E-state index contributed by atoms with van der Waals surface area (Å²) in [7, 11) is 0. The van der Waals surface area contributed by atoms with Crippen molar-refractivity contribution in [3.05, 3.63) is 35.4 Å². The summed E-state index contributed by atoms with van der Waals surface area (Å²) in [6.45, 7) is 5.55. The molecule has 1 atom stereocenters. The average Bonchev–Trinajstić information content (AvgIpc) is 2.47. The van der Waals surface area contributed by atoms with Crippen molar-refractivity contribution >= 4 is 5.84 Å². The zero-order valence-corrected chi connectivity index (χ0v) is 11.2. The fourth-order valence-electron chi connectivity index (χ4n) is 2.37. The first kappa shape index (κ1) is 13.8. The molecule has 1 aliphatic heterocycles. The van der Waals surface area contributed by atoms with E-state index in [-0.39, 0.29) is 5.84 Å². The average molecular weight is 263 g/mol. The number of nitrogens with two attached hydrogens (primary N) is 1. The molecule has 0 aromatic heterocycles. The van der Waals surface area contributed by atoms with Crippen LogP contribution in [0.1, 0.15) is 24.5 Å². The fraction of sp³-hybridized carbons (Fsp3) is 0.500. The van der Waals surface area contributed by atoms with Gasteiger partial charge in [-0.3, -0.25) is 4.90 Å². The minimum atomic E-state index is 0.163. The maximum atomic E-state index is 8.83. The first-order valence-corrected chi connectivity index (χ1v) is 6.64. The Bertz CT molecular complexity index is 448. The van der Waals surface area contributed by atoms with E-state index in [2.05, 4.69) is 17.0 Å². The molecule has 5 nitrogen and oxygen atoms in total. The van der Waals surface area contributed by atoms with E-state index < -0.39 is 0 Å².